The molecule has 250 valence electrons. The highest BCUT2D eigenvalue weighted by Gasteiger charge is 2.27. The van der Waals surface area contributed by atoms with Gasteiger partial charge in [0.1, 0.15) is 23.1 Å². The van der Waals surface area contributed by atoms with E-state index in [1.807, 2.05) is 69.3 Å². The highest BCUT2D eigenvalue weighted by molar-refractivity contribution is 5.83. The van der Waals surface area contributed by atoms with Gasteiger partial charge in [-0.1, -0.05) is 30.3 Å². The fourth-order valence-corrected chi connectivity index (χ4v) is 5.29. The molecular formula is C35H40N8O5. The SMILES string of the molecule is CC(C)(C)OC(=O)N1CCN(c2cc(-c3cc(CNC(=O)[C@H](CC(=O)O)Cc4ccccc4)cc(Nc4cnccn4)n3)ccn2)CC1. The van der Waals surface area contributed by atoms with Crippen LogP contribution >= 0.6 is 0 Å². The number of carbonyl (C=O) groups excluding carboxylic acids is 2. The summed E-state index contributed by atoms with van der Waals surface area (Å²) in [7, 11) is 0. The van der Waals surface area contributed by atoms with Gasteiger partial charge in [-0.05, 0) is 62.6 Å². The van der Waals surface area contributed by atoms with Gasteiger partial charge >= 0.3 is 12.1 Å². The predicted molar refractivity (Wildman–Crippen MR) is 181 cm³/mol. The first kappa shape index (κ1) is 33.8. The molecule has 3 N–H and O–H groups in total. The molecule has 0 unspecified atom stereocenters. The lowest BCUT2D eigenvalue weighted by atomic mass is 9.95. The quantitative estimate of drug-likeness (QED) is 0.206. The number of carboxylic acids is 1. The highest BCUT2D eigenvalue weighted by atomic mass is 16.6. The van der Waals surface area contributed by atoms with E-state index in [0.717, 1.165) is 22.5 Å². The summed E-state index contributed by atoms with van der Waals surface area (Å²) < 4.78 is 5.53. The van der Waals surface area contributed by atoms with Crippen LogP contribution in [0.2, 0.25) is 0 Å². The standard InChI is InChI=1S/C35H40N8O5/c1-35(2,3)48-34(47)43-15-13-42(14-16-43)31-20-26(9-10-38-31)28-18-25(19-29(40-28)41-30-23-36-11-12-37-30)22-39-33(46)27(21-32(44)45)17-24-7-5-4-6-8-24/h4-12,18-20,23,27H,13-17,21-22H2,1-3H3,(H,39,46)(H,44,45)(H,37,40,41)/t27-/m0/s1. The molecule has 0 spiro atoms. The first-order chi connectivity index (χ1) is 23.0. The number of carbonyl (C=O) groups is 3. The van der Waals surface area contributed by atoms with Crippen LogP contribution < -0.4 is 15.5 Å². The van der Waals surface area contributed by atoms with Gasteiger partial charge in [0.2, 0.25) is 5.91 Å². The summed E-state index contributed by atoms with van der Waals surface area (Å²) in [4.78, 5) is 59.1. The topological polar surface area (TPSA) is 163 Å². The lowest BCUT2D eigenvalue weighted by molar-refractivity contribution is -0.141. The maximum absolute atomic E-state index is 13.3. The van der Waals surface area contributed by atoms with Crippen LogP contribution in [0.3, 0.4) is 0 Å². The third kappa shape index (κ3) is 9.71. The van der Waals surface area contributed by atoms with Crippen LogP contribution in [0.15, 0.2) is 79.4 Å². The minimum atomic E-state index is -1.03. The van der Waals surface area contributed by atoms with Crippen molar-refractivity contribution in [2.45, 2.75) is 45.8 Å². The zero-order valence-corrected chi connectivity index (χ0v) is 27.3. The van der Waals surface area contributed by atoms with E-state index in [2.05, 4.69) is 30.5 Å². The molecule has 5 rings (SSSR count). The van der Waals surface area contributed by atoms with Crippen LogP contribution in [0.1, 0.15) is 38.3 Å². The predicted octanol–water partition coefficient (Wildman–Crippen LogP) is 4.68. The monoisotopic (exact) mass is 652 g/mol. The number of nitrogens with one attached hydrogen (secondary N) is 2. The molecule has 1 saturated heterocycles. The molecule has 3 aromatic heterocycles. The van der Waals surface area contributed by atoms with Gasteiger partial charge in [0.05, 0.1) is 24.2 Å². The molecule has 1 atom stereocenters. The molecule has 0 saturated carbocycles. The van der Waals surface area contributed by atoms with E-state index in [9.17, 15) is 19.5 Å². The Kier molecular flexibility index (Phi) is 10.8. The number of anilines is 3. The third-order valence-electron chi connectivity index (χ3n) is 7.58. The maximum atomic E-state index is 13.3. The van der Waals surface area contributed by atoms with Gasteiger partial charge < -0.3 is 30.3 Å². The van der Waals surface area contributed by atoms with Gasteiger partial charge in [-0.3, -0.25) is 14.6 Å². The molecule has 13 nitrogen and oxygen atoms in total. The van der Waals surface area contributed by atoms with Crippen molar-refractivity contribution >= 4 is 35.4 Å². The van der Waals surface area contributed by atoms with E-state index in [4.69, 9.17) is 9.72 Å². The van der Waals surface area contributed by atoms with Crippen molar-refractivity contribution in [3.8, 4) is 11.3 Å². The molecule has 0 bridgehead atoms. The van der Waals surface area contributed by atoms with E-state index in [-0.39, 0.29) is 25.0 Å². The van der Waals surface area contributed by atoms with Crippen molar-refractivity contribution in [2.75, 3.05) is 36.4 Å². The summed E-state index contributed by atoms with van der Waals surface area (Å²) in [5.74, 6) is -0.375. The molecule has 0 aliphatic carbocycles. The summed E-state index contributed by atoms with van der Waals surface area (Å²) in [6.45, 7) is 7.91. The molecule has 4 aromatic rings. The van der Waals surface area contributed by atoms with Crippen LogP contribution in [-0.4, -0.2) is 79.7 Å². The number of benzene rings is 1. The Hall–Kier alpha value is -5.59. The van der Waals surface area contributed by atoms with Crippen LogP contribution in [0, 0.1) is 5.92 Å². The smallest absolute Gasteiger partial charge is 0.410 e. The average Bonchev–Trinajstić information content (AvgIpc) is 3.07. The van der Waals surface area contributed by atoms with Gasteiger partial charge in [-0.2, -0.15) is 0 Å². The van der Waals surface area contributed by atoms with E-state index >= 15 is 0 Å². The summed E-state index contributed by atoms with van der Waals surface area (Å²) in [5.41, 5.74) is 2.52. The molecule has 1 aliphatic heterocycles. The van der Waals surface area contributed by atoms with Crippen LogP contribution in [-0.2, 0) is 27.3 Å². The highest BCUT2D eigenvalue weighted by Crippen LogP contribution is 2.26. The first-order valence-corrected chi connectivity index (χ1v) is 15.8. The number of aliphatic carboxylic acids is 1. The fourth-order valence-electron chi connectivity index (χ4n) is 5.29. The Balaban J connectivity index is 1.34. The lowest BCUT2D eigenvalue weighted by Crippen LogP contribution is -2.50. The molecule has 1 aromatic carbocycles. The number of piperazine rings is 1. The molecule has 4 heterocycles. The number of carboxylic acid groups (broad SMARTS) is 1. The van der Waals surface area contributed by atoms with Crippen molar-refractivity contribution in [3.05, 3.63) is 90.5 Å². The Bertz CT molecular complexity index is 1710. The molecule has 1 fully saturated rings. The van der Waals surface area contributed by atoms with Crippen LogP contribution in [0.4, 0.5) is 22.2 Å². The lowest BCUT2D eigenvalue weighted by Gasteiger charge is -2.36. The first-order valence-electron chi connectivity index (χ1n) is 15.8. The number of pyridine rings is 2. The normalized spacial score (nSPS) is 13.8. The Morgan fingerprint density at radius 3 is 2.38 bits per heavy atom. The maximum Gasteiger partial charge on any atom is 0.410 e. The summed E-state index contributed by atoms with van der Waals surface area (Å²) in [6, 6.07) is 16.9. The Morgan fingerprint density at radius 1 is 0.917 bits per heavy atom. The number of hydrogen-bond acceptors (Lipinski definition) is 10. The van der Waals surface area contributed by atoms with Gasteiger partial charge in [-0.15, -0.1) is 0 Å². The van der Waals surface area contributed by atoms with Gasteiger partial charge in [-0.25, -0.2) is 19.7 Å². The van der Waals surface area contributed by atoms with E-state index < -0.39 is 17.5 Å². The number of rotatable bonds is 11. The zero-order chi connectivity index (χ0) is 34.1. The van der Waals surface area contributed by atoms with Crippen molar-refractivity contribution < 1.29 is 24.2 Å². The molecular weight excluding hydrogens is 612 g/mol. The molecule has 0 radical (unpaired) electrons. The van der Waals surface area contributed by atoms with Crippen LogP contribution in [0.5, 0.6) is 0 Å². The van der Waals surface area contributed by atoms with E-state index in [0.29, 0.717) is 49.9 Å². The summed E-state index contributed by atoms with van der Waals surface area (Å²) in [5, 5.41) is 15.6. The van der Waals surface area contributed by atoms with E-state index in [1.54, 1.807) is 35.8 Å². The zero-order valence-electron chi connectivity index (χ0n) is 27.3. The van der Waals surface area contributed by atoms with Gasteiger partial charge in [0.25, 0.3) is 0 Å². The Morgan fingerprint density at radius 2 is 1.69 bits per heavy atom. The summed E-state index contributed by atoms with van der Waals surface area (Å²) >= 11 is 0. The number of nitrogens with zero attached hydrogens (tertiary/aromatic N) is 6. The largest absolute Gasteiger partial charge is 0.481 e. The molecule has 48 heavy (non-hydrogen) atoms. The fraction of sp³-hybridized carbons (Fsp3) is 0.343. The third-order valence-corrected chi connectivity index (χ3v) is 7.58. The van der Waals surface area contributed by atoms with Crippen molar-refractivity contribution in [2.24, 2.45) is 5.92 Å². The summed E-state index contributed by atoms with van der Waals surface area (Å²) in [6.07, 6.45) is 6.15. The van der Waals surface area contributed by atoms with Crippen molar-refractivity contribution in [1.29, 1.82) is 0 Å². The molecule has 2 amide bonds. The van der Waals surface area contributed by atoms with Crippen molar-refractivity contribution in [1.82, 2.24) is 30.2 Å². The number of ether oxygens (including phenoxy) is 1. The van der Waals surface area contributed by atoms with Crippen LogP contribution in [0.25, 0.3) is 11.3 Å². The molecule has 13 heteroatoms. The number of hydrogen-bond donors (Lipinski definition) is 3. The van der Waals surface area contributed by atoms with E-state index in [1.165, 1.54) is 0 Å². The molecule has 1 aliphatic rings. The minimum absolute atomic E-state index is 0.152. The second-order valence-corrected chi connectivity index (χ2v) is 12.5. The second-order valence-electron chi connectivity index (χ2n) is 12.5. The number of amides is 2. The average molecular weight is 653 g/mol. The Labute approximate surface area is 279 Å². The van der Waals surface area contributed by atoms with Crippen molar-refractivity contribution in [3.63, 3.8) is 0 Å². The second kappa shape index (κ2) is 15.3. The van der Waals surface area contributed by atoms with Gasteiger partial charge in [0, 0.05) is 56.9 Å². The minimum Gasteiger partial charge on any atom is -0.481 e. The number of aromatic nitrogens is 4. The van der Waals surface area contributed by atoms with Gasteiger partial charge in [0.15, 0.2) is 0 Å².